The Balaban J connectivity index is 2.20. The van der Waals surface area contributed by atoms with Crippen molar-refractivity contribution in [2.45, 2.75) is 19.4 Å². The van der Waals surface area contributed by atoms with Crippen LogP contribution in [-0.4, -0.2) is 19.2 Å². The molecule has 0 spiro atoms. The van der Waals surface area contributed by atoms with Crippen molar-refractivity contribution in [3.8, 4) is 5.75 Å². The molecule has 0 amide bonds. The van der Waals surface area contributed by atoms with Crippen LogP contribution in [0, 0.1) is 0 Å². The molecular formula is C11H16N2O. The van der Waals surface area contributed by atoms with Gasteiger partial charge in [0.2, 0.25) is 0 Å². The van der Waals surface area contributed by atoms with E-state index in [-0.39, 0.29) is 6.04 Å². The zero-order valence-corrected chi connectivity index (χ0v) is 8.42. The molecule has 3 nitrogen and oxygen atoms in total. The third-order valence-corrected chi connectivity index (χ3v) is 2.28. The van der Waals surface area contributed by atoms with Gasteiger partial charge in [-0.2, -0.15) is 0 Å². The summed E-state index contributed by atoms with van der Waals surface area (Å²) in [5.74, 6) is 0.949. The van der Waals surface area contributed by atoms with Gasteiger partial charge in [-0.3, -0.25) is 0 Å². The van der Waals surface area contributed by atoms with Crippen LogP contribution in [0.25, 0.3) is 0 Å². The summed E-state index contributed by atoms with van der Waals surface area (Å²) in [5.41, 5.74) is 8.10. The van der Waals surface area contributed by atoms with Gasteiger partial charge >= 0.3 is 0 Å². The molecule has 76 valence electrons. The Labute approximate surface area is 84.3 Å². The molecule has 0 radical (unpaired) electrons. The fourth-order valence-electron chi connectivity index (χ4n) is 1.69. The van der Waals surface area contributed by atoms with Gasteiger partial charge in [0.05, 0.1) is 5.69 Å². The van der Waals surface area contributed by atoms with E-state index in [1.54, 1.807) is 0 Å². The van der Waals surface area contributed by atoms with E-state index < -0.39 is 0 Å². The molecule has 0 saturated carbocycles. The average Bonchev–Trinajstić information content (AvgIpc) is 2.17. The Morgan fingerprint density at radius 3 is 3.21 bits per heavy atom. The van der Waals surface area contributed by atoms with Gasteiger partial charge in [0.25, 0.3) is 0 Å². The van der Waals surface area contributed by atoms with Crippen LogP contribution in [0.3, 0.4) is 0 Å². The number of nitrogens with two attached hydrogens (primary N) is 1. The molecule has 0 fully saturated rings. The van der Waals surface area contributed by atoms with Gasteiger partial charge in [0, 0.05) is 12.6 Å². The summed E-state index contributed by atoms with van der Waals surface area (Å²) in [5, 5.41) is 3.31. The van der Waals surface area contributed by atoms with Crippen molar-refractivity contribution in [1.29, 1.82) is 0 Å². The minimum absolute atomic E-state index is 0.206. The SMILES string of the molecule is CC(N)Cc1ccc2c(c1)NCCO2. The zero-order chi connectivity index (χ0) is 9.97. The van der Waals surface area contributed by atoms with Crippen LogP contribution in [0.15, 0.2) is 18.2 Å². The van der Waals surface area contributed by atoms with E-state index in [2.05, 4.69) is 17.4 Å². The molecule has 0 saturated heterocycles. The first-order valence-corrected chi connectivity index (χ1v) is 5.01. The predicted molar refractivity (Wildman–Crippen MR) is 57.8 cm³/mol. The molecule has 2 rings (SSSR count). The van der Waals surface area contributed by atoms with E-state index in [0.717, 1.165) is 31.0 Å². The van der Waals surface area contributed by atoms with Crippen molar-refractivity contribution >= 4 is 5.69 Å². The maximum absolute atomic E-state index is 5.75. The Morgan fingerprint density at radius 2 is 2.43 bits per heavy atom. The highest BCUT2D eigenvalue weighted by Crippen LogP contribution is 2.28. The molecule has 1 heterocycles. The highest BCUT2D eigenvalue weighted by Gasteiger charge is 2.09. The first-order chi connectivity index (χ1) is 6.75. The van der Waals surface area contributed by atoms with Gasteiger partial charge in [-0.1, -0.05) is 6.07 Å². The third kappa shape index (κ3) is 1.99. The van der Waals surface area contributed by atoms with Crippen molar-refractivity contribution in [3.63, 3.8) is 0 Å². The number of fused-ring (bicyclic) bond motifs is 1. The average molecular weight is 192 g/mol. The second-order valence-corrected chi connectivity index (χ2v) is 3.79. The third-order valence-electron chi connectivity index (χ3n) is 2.28. The van der Waals surface area contributed by atoms with E-state index >= 15 is 0 Å². The van der Waals surface area contributed by atoms with Crippen molar-refractivity contribution in [3.05, 3.63) is 23.8 Å². The number of nitrogens with one attached hydrogen (secondary N) is 1. The Bertz CT molecular complexity index is 323. The highest BCUT2D eigenvalue weighted by atomic mass is 16.5. The van der Waals surface area contributed by atoms with Crippen LogP contribution in [0.4, 0.5) is 5.69 Å². The second kappa shape index (κ2) is 3.88. The number of anilines is 1. The summed E-state index contributed by atoms with van der Waals surface area (Å²) < 4.78 is 5.49. The lowest BCUT2D eigenvalue weighted by Gasteiger charge is -2.20. The van der Waals surface area contributed by atoms with Crippen LogP contribution >= 0.6 is 0 Å². The molecule has 14 heavy (non-hydrogen) atoms. The van der Waals surface area contributed by atoms with E-state index in [1.807, 2.05) is 13.0 Å². The minimum Gasteiger partial charge on any atom is -0.490 e. The summed E-state index contributed by atoms with van der Waals surface area (Å²) in [6.45, 7) is 3.65. The first-order valence-electron chi connectivity index (χ1n) is 5.01. The molecule has 1 unspecified atom stereocenters. The lowest BCUT2D eigenvalue weighted by atomic mass is 10.1. The molecule has 0 bridgehead atoms. The summed E-state index contributed by atoms with van der Waals surface area (Å²) in [6, 6.07) is 6.42. The van der Waals surface area contributed by atoms with Crippen LogP contribution in [0.2, 0.25) is 0 Å². The zero-order valence-electron chi connectivity index (χ0n) is 8.42. The number of benzene rings is 1. The minimum atomic E-state index is 0.206. The largest absolute Gasteiger partial charge is 0.490 e. The Kier molecular flexibility index (Phi) is 2.59. The summed E-state index contributed by atoms with van der Waals surface area (Å²) in [4.78, 5) is 0. The first kappa shape index (κ1) is 9.34. The monoisotopic (exact) mass is 192 g/mol. The highest BCUT2D eigenvalue weighted by molar-refractivity contribution is 5.59. The van der Waals surface area contributed by atoms with Crippen LogP contribution in [0.5, 0.6) is 5.75 Å². The van der Waals surface area contributed by atoms with Gasteiger partial charge in [0.1, 0.15) is 12.4 Å². The van der Waals surface area contributed by atoms with Gasteiger partial charge in [0.15, 0.2) is 0 Å². The molecule has 1 aromatic rings. The van der Waals surface area contributed by atoms with E-state index in [0.29, 0.717) is 0 Å². The van der Waals surface area contributed by atoms with Gasteiger partial charge in [-0.05, 0) is 31.0 Å². The summed E-state index contributed by atoms with van der Waals surface area (Å²) in [6.07, 6.45) is 0.912. The maximum Gasteiger partial charge on any atom is 0.142 e. The molecular weight excluding hydrogens is 176 g/mol. The molecule has 1 atom stereocenters. The number of ether oxygens (including phenoxy) is 1. The lowest BCUT2D eigenvalue weighted by molar-refractivity contribution is 0.323. The number of rotatable bonds is 2. The van der Waals surface area contributed by atoms with E-state index in [9.17, 15) is 0 Å². The van der Waals surface area contributed by atoms with Crippen LogP contribution in [0.1, 0.15) is 12.5 Å². The lowest BCUT2D eigenvalue weighted by Crippen LogP contribution is -2.20. The van der Waals surface area contributed by atoms with Crippen molar-refractivity contribution in [1.82, 2.24) is 0 Å². The quantitative estimate of drug-likeness (QED) is 0.744. The Hall–Kier alpha value is -1.22. The second-order valence-electron chi connectivity index (χ2n) is 3.79. The standard InChI is InChI=1S/C11H16N2O/c1-8(12)6-9-2-3-11-10(7-9)13-4-5-14-11/h2-3,7-8,13H,4-6,12H2,1H3. The van der Waals surface area contributed by atoms with Crippen molar-refractivity contribution in [2.75, 3.05) is 18.5 Å². The topological polar surface area (TPSA) is 47.3 Å². The van der Waals surface area contributed by atoms with E-state index in [4.69, 9.17) is 10.5 Å². The summed E-state index contributed by atoms with van der Waals surface area (Å²) >= 11 is 0. The fraction of sp³-hybridized carbons (Fsp3) is 0.455. The van der Waals surface area contributed by atoms with Gasteiger partial charge < -0.3 is 15.8 Å². The van der Waals surface area contributed by atoms with Crippen LogP contribution in [-0.2, 0) is 6.42 Å². The number of hydrogen-bond donors (Lipinski definition) is 2. The van der Waals surface area contributed by atoms with Crippen LogP contribution < -0.4 is 15.8 Å². The maximum atomic E-state index is 5.75. The molecule has 1 aliphatic heterocycles. The van der Waals surface area contributed by atoms with Gasteiger partial charge in [-0.25, -0.2) is 0 Å². The molecule has 3 N–H and O–H groups in total. The normalized spacial score (nSPS) is 16.4. The Morgan fingerprint density at radius 1 is 1.57 bits per heavy atom. The molecule has 0 aromatic heterocycles. The van der Waals surface area contributed by atoms with E-state index in [1.165, 1.54) is 5.56 Å². The molecule has 0 aliphatic carbocycles. The van der Waals surface area contributed by atoms with Crippen molar-refractivity contribution in [2.24, 2.45) is 5.73 Å². The summed E-state index contributed by atoms with van der Waals surface area (Å²) in [7, 11) is 0. The molecule has 3 heteroatoms. The fourth-order valence-corrected chi connectivity index (χ4v) is 1.69. The predicted octanol–water partition coefficient (Wildman–Crippen LogP) is 1.38. The smallest absolute Gasteiger partial charge is 0.142 e. The van der Waals surface area contributed by atoms with Crippen molar-refractivity contribution < 1.29 is 4.74 Å². The van der Waals surface area contributed by atoms with Gasteiger partial charge in [-0.15, -0.1) is 0 Å². The molecule has 1 aromatic carbocycles. The molecule has 1 aliphatic rings. The number of hydrogen-bond acceptors (Lipinski definition) is 3.